The lowest BCUT2D eigenvalue weighted by Gasteiger charge is -2.16. The summed E-state index contributed by atoms with van der Waals surface area (Å²) in [6.45, 7) is 1.52. The van der Waals surface area contributed by atoms with Gasteiger partial charge in [0.15, 0.2) is 9.84 Å². The predicted molar refractivity (Wildman–Crippen MR) is 115 cm³/mol. The van der Waals surface area contributed by atoms with Gasteiger partial charge in [-0.15, -0.1) is 0 Å². The second-order valence-electron chi connectivity index (χ2n) is 6.81. The first-order valence-electron chi connectivity index (χ1n) is 8.86. The van der Waals surface area contributed by atoms with Gasteiger partial charge in [-0.2, -0.15) is 0 Å². The number of sulfone groups is 1. The molecule has 160 valence electrons. The lowest BCUT2D eigenvalue weighted by molar-refractivity contribution is 0.0695. The Kier molecular flexibility index (Phi) is 6.06. The lowest BCUT2D eigenvalue weighted by Crippen LogP contribution is -2.07. The van der Waals surface area contributed by atoms with Gasteiger partial charge in [0.1, 0.15) is 11.5 Å². The van der Waals surface area contributed by atoms with Crippen molar-refractivity contribution >= 4 is 33.4 Å². The average Bonchev–Trinajstić information content (AvgIpc) is 2.66. The van der Waals surface area contributed by atoms with Crippen molar-refractivity contribution in [2.75, 3.05) is 6.26 Å². The Morgan fingerprint density at radius 3 is 2.16 bits per heavy atom. The number of carboxylic acid groups (broad SMARTS) is 2. The molecule has 2 N–H and O–H groups in total. The number of hydrogen-bond acceptors (Lipinski definition) is 5. The largest absolute Gasteiger partial charge is 0.478 e. The molecule has 0 heterocycles. The van der Waals surface area contributed by atoms with E-state index in [1.807, 2.05) is 0 Å². The van der Waals surface area contributed by atoms with Gasteiger partial charge in [-0.3, -0.25) is 0 Å². The summed E-state index contributed by atoms with van der Waals surface area (Å²) in [5.41, 5.74) is 0.145. The van der Waals surface area contributed by atoms with E-state index in [4.69, 9.17) is 16.3 Å². The molecule has 0 spiro atoms. The highest BCUT2D eigenvalue weighted by Gasteiger charge is 2.22. The SMILES string of the molecule is Cc1cc(-c2cc(S(C)(=O)=O)ccc2Oc2cccc(Cl)c2)c(C(=O)O)cc1C(=O)O. The second-order valence-corrected chi connectivity index (χ2v) is 9.26. The Hall–Kier alpha value is -3.36. The van der Waals surface area contributed by atoms with Crippen molar-refractivity contribution in [3.63, 3.8) is 0 Å². The number of rotatable bonds is 6. The summed E-state index contributed by atoms with van der Waals surface area (Å²) < 4.78 is 30.1. The van der Waals surface area contributed by atoms with Crippen LogP contribution in [0.2, 0.25) is 5.02 Å². The minimum Gasteiger partial charge on any atom is -0.478 e. The molecule has 0 unspecified atom stereocenters. The van der Waals surface area contributed by atoms with Crippen LogP contribution >= 0.6 is 11.6 Å². The maximum absolute atomic E-state index is 12.1. The van der Waals surface area contributed by atoms with Crippen molar-refractivity contribution in [1.82, 2.24) is 0 Å². The van der Waals surface area contributed by atoms with Gasteiger partial charge in [0.2, 0.25) is 0 Å². The van der Waals surface area contributed by atoms with Crippen LogP contribution in [-0.2, 0) is 9.84 Å². The van der Waals surface area contributed by atoms with E-state index in [9.17, 15) is 28.2 Å². The van der Waals surface area contributed by atoms with Crippen LogP contribution < -0.4 is 4.74 Å². The van der Waals surface area contributed by atoms with E-state index in [1.54, 1.807) is 24.3 Å². The minimum absolute atomic E-state index is 0.0442. The van der Waals surface area contributed by atoms with Gasteiger partial charge in [-0.05, 0) is 61.0 Å². The van der Waals surface area contributed by atoms with Crippen LogP contribution in [-0.4, -0.2) is 36.8 Å². The third-order valence-corrected chi connectivity index (χ3v) is 5.86. The highest BCUT2D eigenvalue weighted by molar-refractivity contribution is 7.90. The van der Waals surface area contributed by atoms with Crippen LogP contribution in [0.5, 0.6) is 11.5 Å². The van der Waals surface area contributed by atoms with Crippen molar-refractivity contribution in [1.29, 1.82) is 0 Å². The number of ether oxygens (including phenoxy) is 1. The molecule has 3 rings (SSSR count). The molecule has 0 atom stereocenters. The van der Waals surface area contributed by atoms with E-state index in [1.165, 1.54) is 31.2 Å². The quantitative estimate of drug-likeness (QED) is 0.536. The molecule has 0 aliphatic rings. The van der Waals surface area contributed by atoms with E-state index in [0.717, 1.165) is 12.3 Å². The highest BCUT2D eigenvalue weighted by atomic mass is 35.5. The van der Waals surface area contributed by atoms with Crippen LogP contribution in [0.1, 0.15) is 26.3 Å². The minimum atomic E-state index is -3.61. The van der Waals surface area contributed by atoms with E-state index >= 15 is 0 Å². The molecule has 0 bridgehead atoms. The first kappa shape index (κ1) is 22.3. The molecule has 0 aliphatic heterocycles. The maximum atomic E-state index is 12.1. The van der Waals surface area contributed by atoms with Gasteiger partial charge >= 0.3 is 11.9 Å². The van der Waals surface area contributed by atoms with Gasteiger partial charge in [-0.25, -0.2) is 18.0 Å². The molecule has 0 aromatic heterocycles. The third-order valence-electron chi connectivity index (χ3n) is 4.52. The fraction of sp³-hybridized carbons (Fsp3) is 0.0909. The summed E-state index contributed by atoms with van der Waals surface area (Å²) in [6.07, 6.45) is 1.03. The van der Waals surface area contributed by atoms with Gasteiger partial charge in [0.05, 0.1) is 16.0 Å². The van der Waals surface area contributed by atoms with E-state index in [-0.39, 0.29) is 32.9 Å². The number of benzene rings is 3. The molecule has 7 nitrogen and oxygen atoms in total. The van der Waals surface area contributed by atoms with Crippen molar-refractivity contribution < 1.29 is 33.0 Å². The average molecular weight is 461 g/mol. The van der Waals surface area contributed by atoms with Crippen molar-refractivity contribution in [2.45, 2.75) is 11.8 Å². The van der Waals surface area contributed by atoms with E-state index < -0.39 is 21.8 Å². The molecule has 0 fully saturated rings. The summed E-state index contributed by atoms with van der Waals surface area (Å²) in [4.78, 5) is 23.3. The second kappa shape index (κ2) is 8.41. The van der Waals surface area contributed by atoms with E-state index in [0.29, 0.717) is 16.3 Å². The maximum Gasteiger partial charge on any atom is 0.336 e. The smallest absolute Gasteiger partial charge is 0.336 e. The van der Waals surface area contributed by atoms with E-state index in [2.05, 4.69) is 0 Å². The molecule has 0 amide bonds. The zero-order valence-electron chi connectivity index (χ0n) is 16.4. The number of carboxylic acids is 2. The number of hydrogen-bond donors (Lipinski definition) is 2. The summed E-state index contributed by atoms with van der Waals surface area (Å²) in [5, 5.41) is 19.5. The van der Waals surface area contributed by atoms with Crippen molar-refractivity contribution in [2.24, 2.45) is 0 Å². The van der Waals surface area contributed by atoms with Crippen LogP contribution in [0.4, 0.5) is 0 Å². The lowest BCUT2D eigenvalue weighted by atomic mass is 9.93. The molecule has 3 aromatic carbocycles. The van der Waals surface area contributed by atoms with Gasteiger partial charge in [0.25, 0.3) is 0 Å². The number of halogens is 1. The Bertz CT molecular complexity index is 1310. The van der Waals surface area contributed by atoms with Gasteiger partial charge < -0.3 is 14.9 Å². The molecule has 0 saturated heterocycles. The molecule has 0 aliphatic carbocycles. The Balaban J connectivity index is 2.31. The molecule has 0 saturated carbocycles. The Morgan fingerprint density at radius 2 is 1.58 bits per heavy atom. The zero-order valence-corrected chi connectivity index (χ0v) is 18.0. The Morgan fingerprint density at radius 1 is 0.903 bits per heavy atom. The normalized spacial score (nSPS) is 11.2. The molecular weight excluding hydrogens is 444 g/mol. The molecule has 0 radical (unpaired) electrons. The standard InChI is InChI=1S/C22H17ClO7S/c1-12-8-17(19(22(26)27)11-16(12)21(24)25)18-10-15(31(2,28)29)6-7-20(18)30-14-5-3-4-13(23)9-14/h3-11H,1-2H3,(H,24,25)(H,26,27). The summed E-state index contributed by atoms with van der Waals surface area (Å²) in [6, 6.07) is 13.0. The van der Waals surface area contributed by atoms with Crippen molar-refractivity contribution in [3.8, 4) is 22.6 Å². The van der Waals surface area contributed by atoms with Gasteiger partial charge in [0, 0.05) is 22.4 Å². The summed E-state index contributed by atoms with van der Waals surface area (Å²) in [7, 11) is -3.61. The Labute approximate surface area is 183 Å². The topological polar surface area (TPSA) is 118 Å². The fourth-order valence-corrected chi connectivity index (χ4v) is 3.86. The summed E-state index contributed by atoms with van der Waals surface area (Å²) >= 11 is 5.99. The van der Waals surface area contributed by atoms with Crippen molar-refractivity contribution in [3.05, 3.63) is 76.3 Å². The molecule has 31 heavy (non-hydrogen) atoms. The number of aromatic carboxylic acids is 2. The number of carbonyl (C=O) groups is 2. The first-order valence-corrected chi connectivity index (χ1v) is 11.1. The van der Waals surface area contributed by atoms with Crippen LogP contribution in [0.3, 0.4) is 0 Å². The predicted octanol–water partition coefficient (Wildman–Crippen LogP) is 4.91. The van der Waals surface area contributed by atoms with Crippen LogP contribution in [0.25, 0.3) is 11.1 Å². The van der Waals surface area contributed by atoms with Crippen LogP contribution in [0.15, 0.2) is 59.5 Å². The fourth-order valence-electron chi connectivity index (χ4n) is 3.03. The molecule has 9 heteroatoms. The summed E-state index contributed by atoms with van der Waals surface area (Å²) in [5.74, 6) is -2.10. The van der Waals surface area contributed by atoms with Gasteiger partial charge in [-0.1, -0.05) is 17.7 Å². The zero-order chi connectivity index (χ0) is 22.9. The first-order chi connectivity index (χ1) is 14.5. The highest BCUT2D eigenvalue weighted by Crippen LogP contribution is 2.38. The van der Waals surface area contributed by atoms with Crippen LogP contribution in [0, 0.1) is 6.92 Å². The number of aryl methyl sites for hydroxylation is 1. The molecule has 3 aromatic rings. The monoisotopic (exact) mass is 460 g/mol. The molecular formula is C22H17ClO7S. The third kappa shape index (κ3) is 4.87.